The number of rotatable bonds is 23. The quantitative estimate of drug-likeness (QED) is 0.0195. The van der Waals surface area contributed by atoms with Crippen LogP contribution in [0.3, 0.4) is 0 Å². The summed E-state index contributed by atoms with van der Waals surface area (Å²) in [4.78, 5) is 105. The van der Waals surface area contributed by atoms with Crippen LogP contribution < -0.4 is 21.3 Å². The molecule has 20 nitrogen and oxygen atoms in total. The van der Waals surface area contributed by atoms with Crippen molar-refractivity contribution in [1.82, 2.24) is 10.6 Å². The van der Waals surface area contributed by atoms with Gasteiger partial charge in [0.05, 0.1) is 37.6 Å². The first-order valence-electron chi connectivity index (χ1n) is 27.1. The maximum Gasteiger partial charge on any atom is 0.328 e. The lowest BCUT2D eigenvalue weighted by molar-refractivity contribution is -0.148. The molecule has 20 heteroatoms. The number of carbonyl (C=O) groups is 8. The van der Waals surface area contributed by atoms with E-state index in [0.717, 1.165) is 0 Å². The fourth-order valence-corrected chi connectivity index (χ4v) is 9.83. The van der Waals surface area contributed by atoms with Crippen LogP contribution in [0.5, 0.6) is 11.5 Å². The smallest absolute Gasteiger partial charge is 0.328 e. The molecule has 6 rings (SSSR count). The van der Waals surface area contributed by atoms with E-state index in [9.17, 15) is 58.8 Å². The first-order valence-corrected chi connectivity index (χ1v) is 27.1. The zero-order valence-corrected chi connectivity index (χ0v) is 47.6. The van der Waals surface area contributed by atoms with Crippen LogP contribution in [0.15, 0.2) is 84.6 Å². The number of aliphatic hydroxyl groups is 2. The Balaban J connectivity index is 1.37. The normalized spacial score (nSPS) is 14.7. The number of ketones is 2. The highest BCUT2D eigenvalue weighted by molar-refractivity contribution is 6.35. The van der Waals surface area contributed by atoms with Crippen molar-refractivity contribution in [2.45, 2.75) is 107 Å². The summed E-state index contributed by atoms with van der Waals surface area (Å²) in [5.74, 6) is -8.22. The zero-order valence-electron chi connectivity index (χ0n) is 47.6. The molecule has 2 amide bonds. The van der Waals surface area contributed by atoms with Crippen molar-refractivity contribution in [3.63, 3.8) is 0 Å². The van der Waals surface area contributed by atoms with Crippen molar-refractivity contribution < 1.29 is 77.7 Å². The summed E-state index contributed by atoms with van der Waals surface area (Å²) in [5, 5.41) is 59.6. The molecule has 0 saturated carbocycles. The van der Waals surface area contributed by atoms with Gasteiger partial charge in [-0.05, 0) is 137 Å². The third-order valence-electron chi connectivity index (χ3n) is 13.6. The van der Waals surface area contributed by atoms with Crippen molar-refractivity contribution >= 4 is 80.9 Å². The van der Waals surface area contributed by atoms with E-state index in [1.807, 2.05) is 0 Å². The number of amides is 2. The number of carbonyl (C=O) groups excluding carboxylic acids is 8. The number of aromatic hydroxyl groups is 2. The number of phenolic OH excluding ortho intramolecular Hbond substituents is 2. The zero-order chi connectivity index (χ0) is 60.3. The van der Waals surface area contributed by atoms with Crippen LogP contribution in [0.1, 0.15) is 135 Å². The number of aliphatic hydroxyl groups excluding tert-OH is 2. The first-order chi connectivity index (χ1) is 39.0. The van der Waals surface area contributed by atoms with Crippen LogP contribution in [0, 0.1) is 25.7 Å². The topological polar surface area (TPSA) is 303 Å². The molecular weight excluding hydrogens is 1060 g/mol. The van der Waals surface area contributed by atoms with Gasteiger partial charge in [0.25, 0.3) is 11.8 Å². The second-order valence-corrected chi connectivity index (χ2v) is 20.0. The molecule has 0 heterocycles. The Hall–Kier alpha value is -9.20. The largest absolute Gasteiger partial charge is 0.507 e. The minimum atomic E-state index is -1.14. The summed E-state index contributed by atoms with van der Waals surface area (Å²) in [5.41, 5.74) is 3.03. The summed E-state index contributed by atoms with van der Waals surface area (Å²) < 4.78 is 20.2. The van der Waals surface area contributed by atoms with E-state index in [-0.39, 0.29) is 108 Å². The summed E-state index contributed by atoms with van der Waals surface area (Å²) in [6, 6.07) is 13.0. The third-order valence-corrected chi connectivity index (χ3v) is 13.6. The Bertz CT molecular complexity index is 3090. The van der Waals surface area contributed by atoms with Crippen molar-refractivity contribution in [1.29, 1.82) is 0 Å². The van der Waals surface area contributed by atoms with Gasteiger partial charge in [-0.2, -0.15) is 0 Å². The monoisotopic (exact) mass is 1130 g/mol. The molecule has 0 bridgehead atoms. The van der Waals surface area contributed by atoms with Gasteiger partial charge in [0, 0.05) is 81.1 Å². The number of hydrogen-bond acceptors (Lipinski definition) is 18. The van der Waals surface area contributed by atoms with Gasteiger partial charge in [0.2, 0.25) is 11.6 Å². The third kappa shape index (κ3) is 13.7. The van der Waals surface area contributed by atoms with Crippen molar-refractivity contribution in [3.8, 4) is 22.6 Å². The maximum atomic E-state index is 14.3. The molecule has 2 atom stereocenters. The molecule has 0 aromatic heterocycles. The summed E-state index contributed by atoms with van der Waals surface area (Å²) >= 11 is 0. The lowest BCUT2D eigenvalue weighted by Gasteiger charge is -2.29. The number of phenols is 2. The van der Waals surface area contributed by atoms with Gasteiger partial charge < -0.3 is 60.6 Å². The number of esters is 4. The molecule has 0 saturated heterocycles. The van der Waals surface area contributed by atoms with Crippen LogP contribution >= 0.6 is 0 Å². The number of aryl methyl sites for hydroxylation is 2. The number of ether oxygens (including phenoxy) is 4. The average Bonchev–Trinajstić information content (AvgIpc) is 3.62. The van der Waals surface area contributed by atoms with Crippen LogP contribution in [0.25, 0.3) is 33.4 Å². The van der Waals surface area contributed by atoms with Crippen LogP contribution in [-0.4, -0.2) is 106 Å². The molecular formula is C62H70N4O16. The van der Waals surface area contributed by atoms with Gasteiger partial charge >= 0.3 is 23.9 Å². The van der Waals surface area contributed by atoms with Crippen molar-refractivity contribution in [3.05, 3.63) is 129 Å². The molecule has 0 radical (unpaired) electrons. The number of benzene rings is 4. The number of anilines is 2. The Morgan fingerprint density at radius 2 is 0.829 bits per heavy atom. The molecule has 82 heavy (non-hydrogen) atoms. The fourth-order valence-electron chi connectivity index (χ4n) is 9.83. The van der Waals surface area contributed by atoms with Gasteiger partial charge in [0.15, 0.2) is 11.5 Å². The second-order valence-electron chi connectivity index (χ2n) is 20.0. The molecule has 0 aliphatic heterocycles. The lowest BCUT2D eigenvalue weighted by atomic mass is 9.75. The predicted octanol–water partition coefficient (Wildman–Crippen LogP) is 9.31. The molecule has 8 N–H and O–H groups in total. The summed E-state index contributed by atoms with van der Waals surface area (Å²) in [7, 11) is 0. The first kappa shape index (κ1) is 62.0. The van der Waals surface area contributed by atoms with Gasteiger partial charge in [-0.25, -0.2) is 9.59 Å². The molecule has 4 aromatic rings. The van der Waals surface area contributed by atoms with Gasteiger partial charge in [-0.3, -0.25) is 28.8 Å². The van der Waals surface area contributed by atoms with Gasteiger partial charge in [-0.1, -0.05) is 39.8 Å². The second kappa shape index (κ2) is 27.3. The number of Topliss-reactive ketones (excluding diaryl/α,β-unsaturated/α-hetero) is 2. The van der Waals surface area contributed by atoms with E-state index in [4.69, 9.17) is 18.9 Å². The van der Waals surface area contributed by atoms with Crippen LogP contribution in [-0.2, 0) is 47.7 Å². The highest BCUT2D eigenvalue weighted by atomic mass is 16.5. The Morgan fingerprint density at radius 3 is 1.13 bits per heavy atom. The van der Waals surface area contributed by atoms with E-state index in [1.54, 1.807) is 81.4 Å². The van der Waals surface area contributed by atoms with Gasteiger partial charge in [-0.15, -0.1) is 0 Å². The number of hydrogen-bond donors (Lipinski definition) is 8. The van der Waals surface area contributed by atoms with Crippen molar-refractivity contribution in [2.75, 3.05) is 37.1 Å². The van der Waals surface area contributed by atoms with Crippen LogP contribution in [0.2, 0.25) is 0 Å². The fraction of sp³-hybridized carbons (Fsp3) is 0.355. The lowest BCUT2D eigenvalue weighted by Crippen LogP contribution is -2.42. The number of nitrogens with one attached hydrogen (secondary N) is 4. The average molecular weight is 1130 g/mol. The van der Waals surface area contributed by atoms with E-state index in [0.29, 0.717) is 33.6 Å². The Labute approximate surface area is 475 Å². The molecule has 434 valence electrons. The van der Waals surface area contributed by atoms with E-state index in [1.165, 1.54) is 60.9 Å². The maximum absolute atomic E-state index is 14.3. The predicted molar refractivity (Wildman–Crippen MR) is 307 cm³/mol. The molecule has 2 aliphatic rings. The minimum absolute atomic E-state index is 0.0269. The highest BCUT2D eigenvalue weighted by Gasteiger charge is 2.39. The molecule has 0 spiro atoms. The standard InChI is InChI=1S/C62H70N4O16/c1-11-79-45(67)25-23-43(61(77)81-13-3)65-59(75)35-15-19-37(20-16-35)63-29-41-51-39(47(31(5)6)57(73)53(41)69)27-33(9)49(55(51)71)50-34(10)28-40-48(32(7)8)58(74)54(70)42(52(40)56(50)72)30-64-38-21-17-36(18-22-38)60(76)66-44(62(78)82-14-4)24-26-46(68)80-12-2/h15-22,27-32,43-44,63-64,71-74H,11-14,23-26H2,1-10H3,(H,65,75)(H,66,76)/b41-29-,42-30-/t43-,44-/m0/s1. The molecule has 0 unspecified atom stereocenters. The summed E-state index contributed by atoms with van der Waals surface area (Å²) in [6.45, 7) is 17.4. The molecule has 2 aliphatic carbocycles. The van der Waals surface area contributed by atoms with E-state index < -0.39 is 94.2 Å². The van der Waals surface area contributed by atoms with E-state index in [2.05, 4.69) is 21.3 Å². The highest BCUT2D eigenvalue weighted by Crippen LogP contribution is 2.54. The number of allylic oxidation sites excluding steroid dienone is 4. The van der Waals surface area contributed by atoms with Crippen molar-refractivity contribution in [2.24, 2.45) is 11.8 Å². The number of fused-ring (bicyclic) bond motifs is 2. The minimum Gasteiger partial charge on any atom is -0.507 e. The summed E-state index contributed by atoms with van der Waals surface area (Å²) in [6.07, 6.45) is 2.21. The Morgan fingerprint density at radius 1 is 0.500 bits per heavy atom. The van der Waals surface area contributed by atoms with E-state index >= 15 is 0 Å². The molecule has 0 fully saturated rings. The van der Waals surface area contributed by atoms with Gasteiger partial charge in [0.1, 0.15) is 23.6 Å². The SMILES string of the molecule is CCOC(=O)CC[C@H](NC(=O)c1ccc(N/C=C2\C(=O)C(O)=C(C(C)C)c3cc(C)c(-c4c(C)cc5c(c4O)/C(=C/Nc4ccc(C(=O)N[C@@H](CCC(=O)OCC)C(=O)OCC)cc4)C(=O)C(O)=C5C(C)C)c(O)c32)cc1)C(=O)OCC. The molecule has 4 aromatic carbocycles. The van der Waals surface area contributed by atoms with Crippen LogP contribution in [0.4, 0.5) is 11.4 Å². The Kier molecular flexibility index (Phi) is 20.6.